The van der Waals surface area contributed by atoms with Crippen LogP contribution in [0, 0.1) is 0 Å². The molecule has 0 atom stereocenters. The summed E-state index contributed by atoms with van der Waals surface area (Å²) >= 11 is 4.32. The van der Waals surface area contributed by atoms with Crippen LogP contribution >= 0.6 is 27.3 Å². The highest BCUT2D eigenvalue weighted by Gasteiger charge is 2.28. The zero-order chi connectivity index (χ0) is 15.6. The number of esters is 1. The Bertz CT molecular complexity index is 770. The normalized spacial score (nSPS) is 11.2. The molecular formula is C13H12BrNO4S2. The Morgan fingerprint density at radius 3 is 2.52 bits per heavy atom. The monoisotopic (exact) mass is 389 g/mol. The van der Waals surface area contributed by atoms with Crippen molar-refractivity contribution in [3.8, 4) is 0 Å². The zero-order valence-electron chi connectivity index (χ0n) is 11.2. The maximum atomic E-state index is 12.6. The number of methoxy groups -OCH3 is 1. The summed E-state index contributed by atoms with van der Waals surface area (Å²) in [5, 5.41) is 1.68. The quantitative estimate of drug-likeness (QED) is 0.753. The van der Waals surface area contributed by atoms with Gasteiger partial charge >= 0.3 is 5.97 Å². The molecule has 8 heteroatoms. The molecule has 0 saturated carbocycles. The van der Waals surface area contributed by atoms with E-state index in [1.54, 1.807) is 29.6 Å². The van der Waals surface area contributed by atoms with Crippen molar-refractivity contribution in [2.45, 2.75) is 4.21 Å². The largest absolute Gasteiger partial charge is 0.465 e. The van der Waals surface area contributed by atoms with Crippen molar-refractivity contribution in [1.82, 2.24) is 0 Å². The predicted octanol–water partition coefficient (Wildman–Crippen LogP) is 3.12. The number of para-hydroxylation sites is 1. The van der Waals surface area contributed by atoms with Crippen LogP contribution in [0.5, 0.6) is 0 Å². The third kappa shape index (κ3) is 2.97. The van der Waals surface area contributed by atoms with Crippen LogP contribution in [0.25, 0.3) is 0 Å². The van der Waals surface area contributed by atoms with E-state index >= 15 is 0 Å². The second kappa shape index (κ2) is 6.17. The van der Waals surface area contributed by atoms with Gasteiger partial charge in [0.05, 0.1) is 18.4 Å². The van der Waals surface area contributed by atoms with E-state index in [1.165, 1.54) is 20.2 Å². The number of ether oxygens (including phenoxy) is 1. The summed E-state index contributed by atoms with van der Waals surface area (Å²) in [7, 11) is -1.09. The SMILES string of the molecule is COC(=O)c1ccccc1N(C)S(=O)(=O)c1sccc1Br. The van der Waals surface area contributed by atoms with Gasteiger partial charge in [0.1, 0.15) is 0 Å². The van der Waals surface area contributed by atoms with Crippen molar-refractivity contribution in [1.29, 1.82) is 0 Å². The number of nitrogens with zero attached hydrogens (tertiary/aromatic N) is 1. The molecular weight excluding hydrogens is 378 g/mol. The van der Waals surface area contributed by atoms with Gasteiger partial charge in [-0.05, 0) is 39.5 Å². The molecule has 1 aromatic carbocycles. The Kier molecular flexibility index (Phi) is 4.70. The first-order valence-corrected chi connectivity index (χ1v) is 8.90. The zero-order valence-corrected chi connectivity index (χ0v) is 14.5. The molecule has 0 aliphatic heterocycles. The molecule has 0 aliphatic rings. The molecule has 1 aromatic heterocycles. The van der Waals surface area contributed by atoms with Crippen molar-refractivity contribution in [3.63, 3.8) is 0 Å². The average molecular weight is 390 g/mol. The van der Waals surface area contributed by atoms with E-state index in [1.807, 2.05) is 0 Å². The number of sulfonamides is 1. The van der Waals surface area contributed by atoms with Gasteiger partial charge in [-0.3, -0.25) is 4.31 Å². The highest BCUT2D eigenvalue weighted by Crippen LogP contribution is 2.33. The standard InChI is InChI=1S/C13H12BrNO4S2/c1-15(21(17,18)13-10(14)7-8-20-13)11-6-4-3-5-9(11)12(16)19-2/h3-8H,1-2H3. The number of benzene rings is 1. The minimum Gasteiger partial charge on any atom is -0.465 e. The molecule has 0 bridgehead atoms. The van der Waals surface area contributed by atoms with Crippen molar-refractivity contribution in [2.75, 3.05) is 18.5 Å². The van der Waals surface area contributed by atoms with E-state index in [-0.39, 0.29) is 15.5 Å². The van der Waals surface area contributed by atoms with Gasteiger partial charge in [0.2, 0.25) is 0 Å². The van der Waals surface area contributed by atoms with Gasteiger partial charge in [0, 0.05) is 11.5 Å². The van der Waals surface area contributed by atoms with Crippen molar-refractivity contribution < 1.29 is 17.9 Å². The van der Waals surface area contributed by atoms with E-state index in [0.717, 1.165) is 15.6 Å². The van der Waals surface area contributed by atoms with Crippen molar-refractivity contribution >= 4 is 48.9 Å². The molecule has 1 heterocycles. The van der Waals surface area contributed by atoms with Gasteiger partial charge in [0.15, 0.2) is 4.21 Å². The van der Waals surface area contributed by atoms with Crippen LogP contribution in [0.2, 0.25) is 0 Å². The lowest BCUT2D eigenvalue weighted by atomic mass is 10.2. The maximum absolute atomic E-state index is 12.6. The minimum atomic E-state index is -3.75. The highest BCUT2D eigenvalue weighted by atomic mass is 79.9. The Balaban J connectivity index is 2.53. The molecule has 0 aliphatic carbocycles. The summed E-state index contributed by atoms with van der Waals surface area (Å²) in [5.41, 5.74) is 0.461. The summed E-state index contributed by atoms with van der Waals surface area (Å²) in [6.07, 6.45) is 0. The van der Waals surface area contributed by atoms with Gasteiger partial charge in [-0.2, -0.15) is 0 Å². The summed E-state index contributed by atoms with van der Waals surface area (Å²) in [6, 6.07) is 8.06. The summed E-state index contributed by atoms with van der Waals surface area (Å²) in [5.74, 6) is -0.585. The van der Waals surface area contributed by atoms with Gasteiger partial charge in [-0.1, -0.05) is 12.1 Å². The Labute approximate surface area is 135 Å². The fourth-order valence-electron chi connectivity index (χ4n) is 1.75. The minimum absolute atomic E-state index is 0.185. The molecule has 5 nitrogen and oxygen atoms in total. The fourth-order valence-corrected chi connectivity index (χ4v) is 5.43. The summed E-state index contributed by atoms with van der Waals surface area (Å²) < 4.78 is 31.7. The van der Waals surface area contributed by atoms with Crippen LogP contribution in [0.3, 0.4) is 0 Å². The lowest BCUT2D eigenvalue weighted by molar-refractivity contribution is 0.0601. The number of carbonyl (C=O) groups excluding carboxylic acids is 1. The number of rotatable bonds is 4. The Morgan fingerprint density at radius 1 is 1.29 bits per heavy atom. The first kappa shape index (κ1) is 16.0. The highest BCUT2D eigenvalue weighted by molar-refractivity contribution is 9.10. The van der Waals surface area contributed by atoms with Crippen molar-refractivity contribution in [2.24, 2.45) is 0 Å². The van der Waals surface area contributed by atoms with Gasteiger partial charge < -0.3 is 4.74 Å². The molecule has 112 valence electrons. The molecule has 0 radical (unpaired) electrons. The maximum Gasteiger partial charge on any atom is 0.340 e. The van der Waals surface area contributed by atoms with E-state index in [4.69, 9.17) is 0 Å². The lowest BCUT2D eigenvalue weighted by Gasteiger charge is -2.21. The van der Waals surface area contributed by atoms with Gasteiger partial charge in [0.25, 0.3) is 10.0 Å². The van der Waals surface area contributed by atoms with Crippen LogP contribution in [0.1, 0.15) is 10.4 Å². The summed E-state index contributed by atoms with van der Waals surface area (Å²) in [4.78, 5) is 11.8. The molecule has 0 saturated heterocycles. The Hall–Kier alpha value is -1.38. The molecule has 21 heavy (non-hydrogen) atoms. The first-order chi connectivity index (χ1) is 9.89. The lowest BCUT2D eigenvalue weighted by Crippen LogP contribution is -2.27. The van der Waals surface area contributed by atoms with Gasteiger partial charge in [-0.15, -0.1) is 11.3 Å². The molecule has 0 N–H and O–H groups in total. The third-order valence-electron chi connectivity index (χ3n) is 2.83. The summed E-state index contributed by atoms with van der Waals surface area (Å²) in [6.45, 7) is 0. The Morgan fingerprint density at radius 2 is 1.95 bits per heavy atom. The number of hydrogen-bond acceptors (Lipinski definition) is 5. The van der Waals surface area contributed by atoms with E-state index in [2.05, 4.69) is 20.7 Å². The third-order valence-corrected chi connectivity index (χ3v) is 7.25. The number of thiophene rings is 1. The van der Waals surface area contributed by atoms with Crippen molar-refractivity contribution in [3.05, 3.63) is 45.7 Å². The van der Waals surface area contributed by atoms with Crippen LogP contribution in [0.4, 0.5) is 5.69 Å². The second-order valence-corrected chi connectivity index (χ2v) is 7.97. The van der Waals surface area contributed by atoms with Crippen LogP contribution in [-0.4, -0.2) is 28.5 Å². The first-order valence-electron chi connectivity index (χ1n) is 5.79. The van der Waals surface area contributed by atoms with E-state index < -0.39 is 16.0 Å². The van der Waals surface area contributed by atoms with Gasteiger partial charge in [-0.25, -0.2) is 13.2 Å². The number of carbonyl (C=O) groups is 1. The molecule has 0 fully saturated rings. The molecule has 0 amide bonds. The van der Waals surface area contributed by atoms with E-state index in [9.17, 15) is 13.2 Å². The smallest absolute Gasteiger partial charge is 0.340 e. The van der Waals surface area contributed by atoms with Crippen LogP contribution in [-0.2, 0) is 14.8 Å². The average Bonchev–Trinajstić information content (AvgIpc) is 2.92. The topological polar surface area (TPSA) is 63.7 Å². The number of hydrogen-bond donors (Lipinski definition) is 0. The molecule has 0 unspecified atom stereocenters. The van der Waals surface area contributed by atoms with Crippen LogP contribution < -0.4 is 4.31 Å². The molecule has 0 spiro atoms. The predicted molar refractivity (Wildman–Crippen MR) is 85.4 cm³/mol. The van der Waals surface area contributed by atoms with E-state index in [0.29, 0.717) is 4.47 Å². The van der Waals surface area contributed by atoms with Crippen LogP contribution in [0.15, 0.2) is 44.4 Å². The number of halogens is 1. The molecule has 2 rings (SSSR count). The fraction of sp³-hybridized carbons (Fsp3) is 0.154. The number of anilines is 1. The second-order valence-electron chi connectivity index (χ2n) is 4.04. The molecule has 2 aromatic rings.